The monoisotopic (exact) mass is 510 g/mol. The molecule has 4 rings (SSSR count). The lowest BCUT2D eigenvalue weighted by Gasteiger charge is -2.13. The van der Waals surface area contributed by atoms with Crippen LogP contribution in [0.1, 0.15) is 17.5 Å². The Balaban J connectivity index is 1.51. The first-order valence-corrected chi connectivity index (χ1v) is 12.2. The molecule has 180 valence electrons. The van der Waals surface area contributed by atoms with Crippen LogP contribution in [0.5, 0.6) is 0 Å². The highest BCUT2D eigenvalue weighted by Crippen LogP contribution is 2.16. The number of nitrogens with zero attached hydrogens (tertiary/aromatic N) is 2. The van der Waals surface area contributed by atoms with E-state index in [0.717, 1.165) is 15.7 Å². The van der Waals surface area contributed by atoms with Crippen molar-refractivity contribution >= 4 is 50.7 Å². The van der Waals surface area contributed by atoms with Crippen molar-refractivity contribution in [1.82, 2.24) is 14.5 Å². The minimum absolute atomic E-state index is 0.0774. The third-order valence-electron chi connectivity index (χ3n) is 5.44. The van der Waals surface area contributed by atoms with Crippen molar-refractivity contribution in [3.8, 4) is 0 Å². The summed E-state index contributed by atoms with van der Waals surface area (Å²) in [7, 11) is 0. The van der Waals surface area contributed by atoms with Gasteiger partial charge in [0, 0.05) is 30.2 Å². The minimum Gasteiger partial charge on any atom is -0.352 e. The molecule has 35 heavy (non-hydrogen) atoms. The number of carbonyl (C=O) groups excluding carboxylic acids is 2. The number of hydrogen-bond acceptors (Lipinski definition) is 5. The lowest BCUT2D eigenvalue weighted by atomic mass is 10.2. The molecule has 0 saturated carbocycles. The quantitative estimate of drug-likeness (QED) is 0.378. The molecule has 2 N–H and O–H groups in total. The molecule has 0 bridgehead atoms. The molecular weight excluding hydrogens is 488 g/mol. The number of carbonyl (C=O) groups is 2. The van der Waals surface area contributed by atoms with Crippen LogP contribution < -0.4 is 21.9 Å². The second-order valence-corrected chi connectivity index (χ2v) is 9.32. The van der Waals surface area contributed by atoms with Crippen LogP contribution in [0.15, 0.2) is 69.6 Å². The van der Waals surface area contributed by atoms with E-state index in [1.54, 1.807) is 35.7 Å². The first-order valence-electron chi connectivity index (χ1n) is 10.9. The Bertz CT molecular complexity index is 1520. The third-order valence-corrected chi connectivity index (χ3v) is 6.70. The molecule has 2 aromatic carbocycles. The number of fused-ring (bicyclic) bond motifs is 1. The fourth-order valence-corrected chi connectivity index (χ4v) is 4.73. The van der Waals surface area contributed by atoms with Gasteiger partial charge in [0.25, 0.3) is 5.56 Å². The van der Waals surface area contributed by atoms with Gasteiger partial charge >= 0.3 is 5.69 Å². The lowest BCUT2D eigenvalue weighted by molar-refractivity contribution is -0.121. The standard InChI is InChI=1S/C25H23ClN4O4S/c1-16-5-4-7-18(13-16)28-22(32)15-30-20-10-12-35-23(20)24(33)29(25(30)34)11-9-21(31)27-14-17-6-2-3-8-19(17)26/h2-8,10,12-13H,9,11,14-15H2,1H3,(H,27,31)(H,28,32). The zero-order chi connectivity index (χ0) is 24.9. The molecule has 2 heterocycles. The minimum atomic E-state index is -0.640. The molecule has 0 atom stereocenters. The Kier molecular flexibility index (Phi) is 7.48. The second kappa shape index (κ2) is 10.7. The number of amides is 2. The largest absolute Gasteiger partial charge is 0.352 e. The highest BCUT2D eigenvalue weighted by Gasteiger charge is 2.17. The van der Waals surface area contributed by atoms with E-state index in [-0.39, 0.29) is 32.0 Å². The van der Waals surface area contributed by atoms with Gasteiger partial charge in [-0.2, -0.15) is 0 Å². The van der Waals surface area contributed by atoms with Crippen LogP contribution in [-0.2, 0) is 29.2 Å². The van der Waals surface area contributed by atoms with Gasteiger partial charge in [-0.25, -0.2) is 4.79 Å². The summed E-state index contributed by atoms with van der Waals surface area (Å²) in [6, 6.07) is 16.1. The Morgan fingerprint density at radius 1 is 1.00 bits per heavy atom. The van der Waals surface area contributed by atoms with Gasteiger partial charge in [-0.05, 0) is 47.7 Å². The smallest absolute Gasteiger partial charge is 0.332 e. The Morgan fingerprint density at radius 3 is 2.57 bits per heavy atom. The normalized spacial score (nSPS) is 10.9. The van der Waals surface area contributed by atoms with Crippen LogP contribution >= 0.6 is 22.9 Å². The first-order chi connectivity index (χ1) is 16.8. The molecule has 0 spiro atoms. The van der Waals surface area contributed by atoms with Gasteiger partial charge in [-0.15, -0.1) is 11.3 Å². The summed E-state index contributed by atoms with van der Waals surface area (Å²) in [6.45, 7) is 1.77. The van der Waals surface area contributed by atoms with Crippen LogP contribution in [0, 0.1) is 6.92 Å². The Labute approximate surface area is 209 Å². The molecule has 10 heteroatoms. The second-order valence-electron chi connectivity index (χ2n) is 8.00. The molecule has 0 aliphatic carbocycles. The van der Waals surface area contributed by atoms with Gasteiger partial charge in [0.15, 0.2) is 0 Å². The number of benzene rings is 2. The van der Waals surface area contributed by atoms with Crippen molar-refractivity contribution in [3.05, 3.63) is 97.0 Å². The fourth-order valence-electron chi connectivity index (χ4n) is 3.69. The average molecular weight is 511 g/mol. The SMILES string of the molecule is Cc1cccc(NC(=O)Cn2c(=O)n(CCC(=O)NCc3ccccc3Cl)c(=O)c3sccc32)c1. The molecule has 0 aliphatic heterocycles. The maximum atomic E-state index is 13.2. The van der Waals surface area contributed by atoms with Gasteiger partial charge < -0.3 is 10.6 Å². The Morgan fingerprint density at radius 2 is 1.80 bits per heavy atom. The van der Waals surface area contributed by atoms with Crippen LogP contribution in [0.4, 0.5) is 5.69 Å². The number of nitrogens with one attached hydrogen (secondary N) is 2. The number of hydrogen-bond donors (Lipinski definition) is 2. The highest BCUT2D eigenvalue weighted by atomic mass is 35.5. The highest BCUT2D eigenvalue weighted by molar-refractivity contribution is 7.17. The van der Waals surface area contributed by atoms with E-state index in [9.17, 15) is 19.2 Å². The van der Waals surface area contributed by atoms with E-state index in [0.29, 0.717) is 20.9 Å². The van der Waals surface area contributed by atoms with Crippen molar-refractivity contribution < 1.29 is 9.59 Å². The molecule has 0 unspecified atom stereocenters. The van der Waals surface area contributed by atoms with E-state index in [2.05, 4.69) is 10.6 Å². The van der Waals surface area contributed by atoms with Crippen molar-refractivity contribution in [2.24, 2.45) is 0 Å². The summed E-state index contributed by atoms with van der Waals surface area (Å²) >= 11 is 7.30. The van der Waals surface area contributed by atoms with Crippen molar-refractivity contribution in [1.29, 1.82) is 0 Å². The summed E-state index contributed by atoms with van der Waals surface area (Å²) in [5.41, 5.74) is 1.65. The van der Waals surface area contributed by atoms with E-state index in [1.807, 2.05) is 31.2 Å². The van der Waals surface area contributed by atoms with Gasteiger partial charge in [0.2, 0.25) is 11.8 Å². The maximum absolute atomic E-state index is 13.2. The molecule has 0 saturated heterocycles. The third kappa shape index (κ3) is 5.70. The number of aromatic nitrogens is 2. The molecule has 0 radical (unpaired) electrons. The summed E-state index contributed by atoms with van der Waals surface area (Å²) in [5, 5.41) is 7.77. The van der Waals surface area contributed by atoms with Gasteiger partial charge in [0.05, 0.1) is 5.52 Å². The Hall–Kier alpha value is -3.69. The molecular formula is C25H23ClN4O4S. The van der Waals surface area contributed by atoms with Crippen molar-refractivity contribution in [2.45, 2.75) is 33.0 Å². The summed E-state index contributed by atoms with van der Waals surface area (Å²) in [5.74, 6) is -0.723. The van der Waals surface area contributed by atoms with Crippen LogP contribution in [-0.4, -0.2) is 20.9 Å². The lowest BCUT2D eigenvalue weighted by Crippen LogP contribution is -2.42. The molecule has 8 nitrogen and oxygen atoms in total. The van der Waals surface area contributed by atoms with Crippen LogP contribution in [0.25, 0.3) is 10.2 Å². The topological polar surface area (TPSA) is 102 Å². The van der Waals surface area contributed by atoms with Gasteiger partial charge in [-0.3, -0.25) is 23.5 Å². The number of halogens is 1. The molecule has 2 aromatic heterocycles. The van der Waals surface area contributed by atoms with E-state index in [4.69, 9.17) is 11.6 Å². The summed E-state index contributed by atoms with van der Waals surface area (Å²) in [6.07, 6.45) is -0.0774. The van der Waals surface area contributed by atoms with Crippen molar-refractivity contribution in [2.75, 3.05) is 5.32 Å². The molecule has 4 aromatic rings. The van der Waals surface area contributed by atoms with Gasteiger partial charge in [-0.1, -0.05) is 41.9 Å². The summed E-state index contributed by atoms with van der Waals surface area (Å²) < 4.78 is 2.62. The van der Waals surface area contributed by atoms with Crippen LogP contribution in [0.2, 0.25) is 5.02 Å². The van der Waals surface area contributed by atoms with E-state index < -0.39 is 17.2 Å². The van der Waals surface area contributed by atoms with Crippen molar-refractivity contribution in [3.63, 3.8) is 0 Å². The first kappa shape index (κ1) is 24.4. The van der Waals surface area contributed by atoms with E-state index in [1.165, 1.54) is 15.9 Å². The summed E-state index contributed by atoms with van der Waals surface area (Å²) in [4.78, 5) is 51.2. The average Bonchev–Trinajstić information content (AvgIpc) is 3.31. The van der Waals surface area contributed by atoms with E-state index >= 15 is 0 Å². The number of rotatable bonds is 8. The fraction of sp³-hybridized carbons (Fsp3) is 0.200. The zero-order valence-corrected chi connectivity index (χ0v) is 20.5. The van der Waals surface area contributed by atoms with Crippen LogP contribution in [0.3, 0.4) is 0 Å². The maximum Gasteiger partial charge on any atom is 0.332 e. The molecule has 0 fully saturated rings. The predicted octanol–water partition coefficient (Wildman–Crippen LogP) is 3.53. The number of anilines is 1. The zero-order valence-electron chi connectivity index (χ0n) is 18.9. The number of thiophene rings is 1. The number of aryl methyl sites for hydroxylation is 1. The molecule has 0 aliphatic rings. The molecule has 2 amide bonds. The van der Waals surface area contributed by atoms with Gasteiger partial charge in [0.1, 0.15) is 11.2 Å². The predicted molar refractivity (Wildman–Crippen MR) is 138 cm³/mol.